The lowest BCUT2D eigenvalue weighted by Gasteiger charge is -2.20. The van der Waals surface area contributed by atoms with Gasteiger partial charge in [0.15, 0.2) is 11.6 Å². The second-order valence-corrected chi connectivity index (χ2v) is 4.07. The smallest absolute Gasteiger partial charge is 0.229 e. The van der Waals surface area contributed by atoms with E-state index in [1.54, 1.807) is 13.1 Å². The van der Waals surface area contributed by atoms with Crippen LogP contribution < -0.4 is 15.4 Å². The molecular formula is C13H20ClFN2O3. The maximum Gasteiger partial charge on any atom is 0.229 e. The first-order chi connectivity index (χ1) is 9.03. The topological polar surface area (TPSA) is 64.8 Å². The number of benzene rings is 1. The zero-order chi connectivity index (χ0) is 14.4. The third kappa shape index (κ3) is 4.63. The van der Waals surface area contributed by atoms with Gasteiger partial charge in [0.25, 0.3) is 0 Å². The fraction of sp³-hybridized carbons (Fsp3) is 0.462. The van der Waals surface area contributed by atoms with Crippen LogP contribution >= 0.6 is 12.4 Å². The molecule has 0 aliphatic heterocycles. The van der Waals surface area contributed by atoms with Gasteiger partial charge in [0.05, 0.1) is 19.6 Å². The SMILES string of the molecule is COc1ccc(N(C)C(=O)CC(CN)OC)cc1F.Cl. The Morgan fingerprint density at radius 2 is 2.10 bits per heavy atom. The number of rotatable bonds is 6. The monoisotopic (exact) mass is 306 g/mol. The first-order valence-electron chi connectivity index (χ1n) is 5.86. The first-order valence-corrected chi connectivity index (χ1v) is 5.86. The van der Waals surface area contributed by atoms with Crippen LogP contribution in [0.2, 0.25) is 0 Å². The molecule has 7 heteroatoms. The van der Waals surface area contributed by atoms with Gasteiger partial charge in [-0.2, -0.15) is 0 Å². The second kappa shape index (κ2) is 8.73. The van der Waals surface area contributed by atoms with Gasteiger partial charge in [0, 0.05) is 32.5 Å². The summed E-state index contributed by atoms with van der Waals surface area (Å²) in [6, 6.07) is 4.34. The minimum absolute atomic E-state index is 0. The Morgan fingerprint density at radius 3 is 2.55 bits per heavy atom. The Balaban J connectivity index is 0.00000361. The van der Waals surface area contributed by atoms with Crippen LogP contribution in [0.25, 0.3) is 0 Å². The van der Waals surface area contributed by atoms with Crippen LogP contribution in [-0.4, -0.2) is 39.8 Å². The Hall–Kier alpha value is -1.37. The Morgan fingerprint density at radius 1 is 1.45 bits per heavy atom. The van der Waals surface area contributed by atoms with Crippen molar-refractivity contribution in [2.75, 3.05) is 32.7 Å². The molecule has 20 heavy (non-hydrogen) atoms. The number of amides is 1. The molecule has 0 saturated heterocycles. The van der Waals surface area contributed by atoms with Crippen LogP contribution in [-0.2, 0) is 9.53 Å². The predicted octanol–water partition coefficient (Wildman–Crippen LogP) is 1.58. The maximum absolute atomic E-state index is 13.6. The summed E-state index contributed by atoms with van der Waals surface area (Å²) in [6.07, 6.45) is -0.185. The van der Waals surface area contributed by atoms with E-state index < -0.39 is 5.82 Å². The van der Waals surface area contributed by atoms with Gasteiger partial charge in [0.1, 0.15) is 0 Å². The molecule has 0 aliphatic rings. The van der Waals surface area contributed by atoms with Crippen LogP contribution in [0.3, 0.4) is 0 Å². The van der Waals surface area contributed by atoms with E-state index in [2.05, 4.69) is 0 Å². The van der Waals surface area contributed by atoms with Crippen molar-refractivity contribution in [3.8, 4) is 5.75 Å². The van der Waals surface area contributed by atoms with Crippen molar-refractivity contribution >= 4 is 24.0 Å². The number of ether oxygens (including phenoxy) is 2. The highest BCUT2D eigenvalue weighted by atomic mass is 35.5. The average Bonchev–Trinajstić information content (AvgIpc) is 2.43. The molecule has 0 saturated carbocycles. The minimum Gasteiger partial charge on any atom is -0.494 e. The quantitative estimate of drug-likeness (QED) is 0.866. The van der Waals surface area contributed by atoms with Gasteiger partial charge < -0.3 is 20.1 Å². The van der Waals surface area contributed by atoms with Crippen molar-refractivity contribution in [2.45, 2.75) is 12.5 Å². The van der Waals surface area contributed by atoms with Crippen molar-refractivity contribution in [3.05, 3.63) is 24.0 Å². The molecule has 5 nitrogen and oxygen atoms in total. The number of hydrogen-bond donors (Lipinski definition) is 1. The highest BCUT2D eigenvalue weighted by Crippen LogP contribution is 2.23. The molecule has 1 atom stereocenters. The summed E-state index contributed by atoms with van der Waals surface area (Å²) in [7, 11) is 4.46. The first kappa shape index (κ1) is 18.6. The Labute approximate surface area is 124 Å². The van der Waals surface area contributed by atoms with Crippen LogP contribution in [0.15, 0.2) is 18.2 Å². The van der Waals surface area contributed by atoms with E-state index in [-0.39, 0.29) is 43.1 Å². The summed E-state index contributed by atoms with van der Waals surface area (Å²) in [6.45, 7) is 0.257. The molecule has 1 amide bonds. The minimum atomic E-state index is -0.512. The number of nitrogens with two attached hydrogens (primary N) is 1. The van der Waals surface area contributed by atoms with Crippen molar-refractivity contribution in [3.63, 3.8) is 0 Å². The van der Waals surface area contributed by atoms with E-state index in [1.165, 1.54) is 31.3 Å². The zero-order valence-electron chi connectivity index (χ0n) is 11.8. The van der Waals surface area contributed by atoms with E-state index in [1.807, 2.05) is 0 Å². The summed E-state index contributed by atoms with van der Waals surface area (Å²) in [5.74, 6) is -0.565. The van der Waals surface area contributed by atoms with Crippen molar-refractivity contribution in [1.29, 1.82) is 0 Å². The summed E-state index contributed by atoms with van der Waals surface area (Å²) >= 11 is 0. The fourth-order valence-electron chi connectivity index (χ4n) is 1.60. The summed E-state index contributed by atoms with van der Waals surface area (Å²) in [5.41, 5.74) is 5.91. The van der Waals surface area contributed by atoms with Crippen LogP contribution in [0.1, 0.15) is 6.42 Å². The normalized spacial score (nSPS) is 11.4. The number of halogens is 2. The van der Waals surface area contributed by atoms with Crippen molar-refractivity contribution in [1.82, 2.24) is 0 Å². The molecule has 0 fully saturated rings. The molecule has 1 rings (SSSR count). The molecule has 2 N–H and O–H groups in total. The molecular weight excluding hydrogens is 287 g/mol. The maximum atomic E-state index is 13.6. The van der Waals surface area contributed by atoms with E-state index >= 15 is 0 Å². The average molecular weight is 307 g/mol. The van der Waals surface area contributed by atoms with E-state index in [0.717, 1.165) is 0 Å². The number of anilines is 1. The summed E-state index contributed by atoms with van der Waals surface area (Å²) in [4.78, 5) is 13.3. The molecule has 0 radical (unpaired) electrons. The van der Waals surface area contributed by atoms with Gasteiger partial charge in [-0.05, 0) is 12.1 Å². The number of carbonyl (C=O) groups excluding carboxylic acids is 1. The van der Waals surface area contributed by atoms with Crippen LogP contribution in [0.5, 0.6) is 5.75 Å². The molecule has 0 aromatic heterocycles. The lowest BCUT2D eigenvalue weighted by molar-refractivity contribution is -0.120. The van der Waals surface area contributed by atoms with Crippen molar-refractivity contribution < 1.29 is 18.7 Å². The van der Waals surface area contributed by atoms with Gasteiger partial charge in [-0.3, -0.25) is 4.79 Å². The number of methoxy groups -OCH3 is 2. The molecule has 0 bridgehead atoms. The summed E-state index contributed by atoms with van der Waals surface area (Å²) < 4.78 is 23.4. The number of nitrogens with zero attached hydrogens (tertiary/aromatic N) is 1. The molecule has 0 spiro atoms. The molecule has 0 heterocycles. The molecule has 1 aromatic carbocycles. The molecule has 1 aromatic rings. The summed E-state index contributed by atoms with van der Waals surface area (Å²) in [5, 5.41) is 0. The van der Waals surface area contributed by atoms with Gasteiger partial charge in [-0.1, -0.05) is 0 Å². The third-order valence-corrected chi connectivity index (χ3v) is 2.90. The van der Waals surface area contributed by atoms with E-state index in [0.29, 0.717) is 5.69 Å². The van der Waals surface area contributed by atoms with Crippen LogP contribution in [0, 0.1) is 5.82 Å². The number of carbonyl (C=O) groups is 1. The van der Waals surface area contributed by atoms with Gasteiger partial charge >= 0.3 is 0 Å². The third-order valence-electron chi connectivity index (χ3n) is 2.90. The second-order valence-electron chi connectivity index (χ2n) is 4.07. The largest absolute Gasteiger partial charge is 0.494 e. The van der Waals surface area contributed by atoms with Gasteiger partial charge in [0.2, 0.25) is 5.91 Å². The molecule has 1 unspecified atom stereocenters. The Kier molecular flexibility index (Phi) is 8.13. The lowest BCUT2D eigenvalue weighted by Crippen LogP contribution is -2.33. The van der Waals surface area contributed by atoms with Gasteiger partial charge in [-0.15, -0.1) is 12.4 Å². The lowest BCUT2D eigenvalue weighted by atomic mass is 10.2. The Bertz CT molecular complexity index is 442. The molecule has 114 valence electrons. The van der Waals surface area contributed by atoms with Crippen molar-refractivity contribution in [2.24, 2.45) is 5.73 Å². The van der Waals surface area contributed by atoms with E-state index in [9.17, 15) is 9.18 Å². The van der Waals surface area contributed by atoms with Gasteiger partial charge in [-0.25, -0.2) is 4.39 Å². The number of hydrogen-bond acceptors (Lipinski definition) is 4. The fourth-order valence-corrected chi connectivity index (χ4v) is 1.60. The molecule has 0 aliphatic carbocycles. The van der Waals surface area contributed by atoms with E-state index in [4.69, 9.17) is 15.2 Å². The predicted molar refractivity (Wildman–Crippen MR) is 78.1 cm³/mol. The standard InChI is InChI=1S/C13H19FN2O3.ClH/c1-16(13(17)7-10(8-15)18-2)9-4-5-12(19-3)11(14)6-9;/h4-6,10H,7-8,15H2,1-3H3;1H. The zero-order valence-corrected chi connectivity index (χ0v) is 12.6. The van der Waals surface area contributed by atoms with Crippen LogP contribution in [0.4, 0.5) is 10.1 Å². The highest BCUT2D eigenvalue weighted by molar-refractivity contribution is 5.93. The highest BCUT2D eigenvalue weighted by Gasteiger charge is 2.17.